The third-order valence-corrected chi connectivity index (χ3v) is 8.04. The molecule has 0 aromatic carbocycles. The van der Waals surface area contributed by atoms with Gasteiger partial charge in [-0.2, -0.15) is 0 Å². The second-order valence-electron chi connectivity index (χ2n) is 11.6. The summed E-state index contributed by atoms with van der Waals surface area (Å²) < 4.78 is 5.69. The van der Waals surface area contributed by atoms with Crippen LogP contribution < -0.4 is 5.32 Å². The lowest BCUT2D eigenvalue weighted by Gasteiger charge is -2.10. The maximum atomic E-state index is 5.69. The average Bonchev–Trinajstić information content (AvgIpc) is 2.90. The highest BCUT2D eigenvalue weighted by Gasteiger charge is 1.99. The van der Waals surface area contributed by atoms with E-state index in [0.717, 1.165) is 19.6 Å². The van der Waals surface area contributed by atoms with Gasteiger partial charge in [-0.15, -0.1) is 0 Å². The van der Waals surface area contributed by atoms with E-state index < -0.39 is 0 Å². The largest absolute Gasteiger partial charge is 0.471 e. The SMILES string of the molecule is CCCCCCCCCCCCCCCCCNC(=S)OCCCCCCCCCCCCCCCC. The van der Waals surface area contributed by atoms with Crippen molar-refractivity contribution in [3.05, 3.63) is 0 Å². The van der Waals surface area contributed by atoms with Crippen molar-refractivity contribution >= 4 is 17.4 Å². The number of rotatable bonds is 31. The summed E-state index contributed by atoms with van der Waals surface area (Å²) in [6.45, 7) is 6.34. The van der Waals surface area contributed by atoms with Gasteiger partial charge in [-0.05, 0) is 25.1 Å². The molecule has 0 bridgehead atoms. The van der Waals surface area contributed by atoms with Gasteiger partial charge in [0.25, 0.3) is 5.17 Å². The van der Waals surface area contributed by atoms with Crippen molar-refractivity contribution in [1.29, 1.82) is 0 Å². The van der Waals surface area contributed by atoms with Crippen LogP contribution in [0, 0.1) is 0 Å². The van der Waals surface area contributed by atoms with E-state index in [2.05, 4.69) is 19.2 Å². The summed E-state index contributed by atoms with van der Waals surface area (Å²) in [5.74, 6) is 0. The number of hydrogen-bond acceptors (Lipinski definition) is 2. The minimum atomic E-state index is 0.611. The summed E-state index contributed by atoms with van der Waals surface area (Å²) in [6.07, 6.45) is 40.6. The monoisotopic (exact) mass is 540 g/mol. The summed E-state index contributed by atoms with van der Waals surface area (Å²) in [4.78, 5) is 0. The molecule has 0 aliphatic carbocycles. The molecule has 0 amide bonds. The van der Waals surface area contributed by atoms with Crippen LogP contribution >= 0.6 is 12.2 Å². The van der Waals surface area contributed by atoms with Crippen molar-refractivity contribution < 1.29 is 4.74 Å². The Morgan fingerprint density at radius 3 is 1.00 bits per heavy atom. The van der Waals surface area contributed by atoms with Gasteiger partial charge in [0, 0.05) is 6.54 Å². The molecule has 0 spiro atoms. The Kier molecular flexibility index (Phi) is 33.4. The molecule has 0 aliphatic rings. The molecule has 0 saturated heterocycles. The Hall–Kier alpha value is -0.310. The van der Waals surface area contributed by atoms with Gasteiger partial charge in [0.1, 0.15) is 0 Å². The molecule has 222 valence electrons. The van der Waals surface area contributed by atoms with E-state index in [1.165, 1.54) is 180 Å². The van der Waals surface area contributed by atoms with Crippen LogP contribution in [0.2, 0.25) is 0 Å². The fourth-order valence-electron chi connectivity index (χ4n) is 5.20. The molecule has 0 aromatic rings. The Morgan fingerprint density at radius 2 is 0.676 bits per heavy atom. The molecule has 0 saturated carbocycles. The summed E-state index contributed by atoms with van der Waals surface area (Å²) in [6, 6.07) is 0. The number of hydrogen-bond donors (Lipinski definition) is 1. The molecular weight excluding hydrogens is 470 g/mol. The van der Waals surface area contributed by atoms with Crippen LogP contribution in [0.1, 0.15) is 200 Å². The van der Waals surface area contributed by atoms with Crippen molar-refractivity contribution in [2.45, 2.75) is 200 Å². The molecule has 0 rings (SSSR count). The summed E-state index contributed by atoms with van der Waals surface area (Å²) in [5, 5.41) is 3.90. The van der Waals surface area contributed by atoms with Gasteiger partial charge < -0.3 is 10.1 Å². The maximum Gasteiger partial charge on any atom is 0.256 e. The van der Waals surface area contributed by atoms with Gasteiger partial charge in [-0.3, -0.25) is 0 Å². The van der Waals surface area contributed by atoms with Gasteiger partial charge in [0.05, 0.1) is 6.61 Å². The predicted octanol–water partition coefficient (Wildman–Crippen LogP) is 12.2. The lowest BCUT2D eigenvalue weighted by molar-refractivity contribution is 0.286. The highest BCUT2D eigenvalue weighted by molar-refractivity contribution is 7.80. The molecule has 0 fully saturated rings. The minimum absolute atomic E-state index is 0.611. The first kappa shape index (κ1) is 36.7. The zero-order chi connectivity index (χ0) is 26.9. The van der Waals surface area contributed by atoms with Crippen LogP contribution in [0.4, 0.5) is 0 Å². The normalized spacial score (nSPS) is 11.2. The number of nitrogens with one attached hydrogen (secondary N) is 1. The summed E-state index contributed by atoms with van der Waals surface area (Å²) in [7, 11) is 0. The number of thiocarbonyl (C=S) groups is 1. The predicted molar refractivity (Wildman–Crippen MR) is 172 cm³/mol. The second kappa shape index (κ2) is 33.7. The molecule has 0 unspecified atom stereocenters. The van der Waals surface area contributed by atoms with Gasteiger partial charge in [0.2, 0.25) is 0 Å². The molecule has 3 heteroatoms. The molecule has 0 aromatic heterocycles. The first-order valence-corrected chi connectivity index (χ1v) is 17.6. The van der Waals surface area contributed by atoms with Gasteiger partial charge in [0.15, 0.2) is 0 Å². The van der Waals surface area contributed by atoms with Crippen LogP contribution in [0.15, 0.2) is 0 Å². The maximum absolute atomic E-state index is 5.69. The van der Waals surface area contributed by atoms with E-state index >= 15 is 0 Å². The highest BCUT2D eigenvalue weighted by Crippen LogP contribution is 2.14. The zero-order valence-corrected chi connectivity index (χ0v) is 26.6. The lowest BCUT2D eigenvalue weighted by Crippen LogP contribution is -2.25. The van der Waals surface area contributed by atoms with E-state index in [1.54, 1.807) is 0 Å². The lowest BCUT2D eigenvalue weighted by atomic mass is 10.0. The van der Waals surface area contributed by atoms with E-state index in [4.69, 9.17) is 17.0 Å². The Morgan fingerprint density at radius 1 is 0.405 bits per heavy atom. The van der Waals surface area contributed by atoms with Crippen LogP contribution in [-0.2, 0) is 4.74 Å². The molecule has 0 heterocycles. The number of ether oxygens (including phenoxy) is 1. The first-order chi connectivity index (χ1) is 18.3. The number of unbranched alkanes of at least 4 members (excludes halogenated alkanes) is 27. The molecular formula is C34H69NOS. The van der Waals surface area contributed by atoms with Crippen molar-refractivity contribution in [2.75, 3.05) is 13.2 Å². The molecule has 2 nitrogen and oxygen atoms in total. The highest BCUT2D eigenvalue weighted by atomic mass is 32.1. The Labute approximate surface area is 240 Å². The quantitative estimate of drug-likeness (QED) is 0.0699. The van der Waals surface area contributed by atoms with Crippen molar-refractivity contribution in [3.8, 4) is 0 Å². The topological polar surface area (TPSA) is 21.3 Å². The van der Waals surface area contributed by atoms with Gasteiger partial charge >= 0.3 is 0 Å². The molecule has 1 N–H and O–H groups in total. The van der Waals surface area contributed by atoms with Crippen molar-refractivity contribution in [3.63, 3.8) is 0 Å². The Balaban J connectivity index is 3.14. The minimum Gasteiger partial charge on any atom is -0.471 e. The molecule has 0 aliphatic heterocycles. The average molecular weight is 540 g/mol. The fraction of sp³-hybridized carbons (Fsp3) is 0.971. The molecule has 0 radical (unpaired) electrons. The smallest absolute Gasteiger partial charge is 0.256 e. The molecule has 0 atom stereocenters. The molecule has 37 heavy (non-hydrogen) atoms. The second-order valence-corrected chi connectivity index (χ2v) is 12.0. The van der Waals surface area contributed by atoms with E-state index in [1.807, 2.05) is 0 Å². The van der Waals surface area contributed by atoms with Crippen molar-refractivity contribution in [1.82, 2.24) is 5.32 Å². The third kappa shape index (κ3) is 33.7. The van der Waals surface area contributed by atoms with Crippen LogP contribution in [0.5, 0.6) is 0 Å². The standard InChI is InChI=1S/C34H69NOS/c1-3-5-7-9-11-13-15-17-19-20-22-24-26-28-30-32-35-34(37)36-33-31-29-27-25-23-21-18-16-14-12-10-8-6-4-2/h3-33H2,1-2H3,(H,35,37). The van der Waals surface area contributed by atoms with E-state index in [9.17, 15) is 0 Å². The summed E-state index contributed by atoms with van der Waals surface area (Å²) in [5.41, 5.74) is 0. The Bertz CT molecular complexity index is 428. The van der Waals surface area contributed by atoms with Gasteiger partial charge in [-0.1, -0.05) is 187 Å². The van der Waals surface area contributed by atoms with Crippen molar-refractivity contribution in [2.24, 2.45) is 0 Å². The van der Waals surface area contributed by atoms with Crippen LogP contribution in [0.3, 0.4) is 0 Å². The zero-order valence-electron chi connectivity index (χ0n) is 25.7. The van der Waals surface area contributed by atoms with E-state index in [-0.39, 0.29) is 0 Å². The van der Waals surface area contributed by atoms with Crippen LogP contribution in [0.25, 0.3) is 0 Å². The summed E-state index contributed by atoms with van der Waals surface area (Å²) >= 11 is 5.33. The van der Waals surface area contributed by atoms with Gasteiger partial charge in [-0.25, -0.2) is 0 Å². The third-order valence-electron chi connectivity index (χ3n) is 7.78. The first-order valence-electron chi connectivity index (χ1n) is 17.2. The van der Waals surface area contributed by atoms with E-state index in [0.29, 0.717) is 5.17 Å². The van der Waals surface area contributed by atoms with Crippen LogP contribution in [-0.4, -0.2) is 18.3 Å². The fourth-order valence-corrected chi connectivity index (χ4v) is 5.38.